The summed E-state index contributed by atoms with van der Waals surface area (Å²) in [6.07, 6.45) is 8.63. The fourth-order valence-electron chi connectivity index (χ4n) is 4.14. The molecule has 126 valence electrons. The summed E-state index contributed by atoms with van der Waals surface area (Å²) >= 11 is 0. The summed E-state index contributed by atoms with van der Waals surface area (Å²) in [7, 11) is 0. The number of rotatable bonds is 5. The lowest BCUT2D eigenvalue weighted by atomic mass is 9.67. The van der Waals surface area contributed by atoms with Gasteiger partial charge >= 0.3 is 5.97 Å². The zero-order valence-electron chi connectivity index (χ0n) is 14.1. The van der Waals surface area contributed by atoms with Crippen LogP contribution in [0, 0.1) is 17.3 Å². The van der Waals surface area contributed by atoms with E-state index in [1.807, 2.05) is 4.90 Å². The van der Waals surface area contributed by atoms with E-state index < -0.39 is 5.97 Å². The second-order valence-electron chi connectivity index (χ2n) is 7.92. The van der Waals surface area contributed by atoms with Crippen molar-refractivity contribution >= 4 is 11.9 Å². The van der Waals surface area contributed by atoms with Crippen molar-refractivity contribution < 1.29 is 14.7 Å². The monoisotopic (exact) mass is 309 g/mol. The predicted molar refractivity (Wildman–Crippen MR) is 86.5 cm³/mol. The summed E-state index contributed by atoms with van der Waals surface area (Å²) in [6, 6.07) is 0. The highest BCUT2D eigenvalue weighted by molar-refractivity contribution is 5.76. The number of likely N-dealkylation sites (tertiary alicyclic amines) is 1. The van der Waals surface area contributed by atoms with E-state index in [0.29, 0.717) is 30.6 Å². The minimum Gasteiger partial charge on any atom is -0.481 e. The summed E-state index contributed by atoms with van der Waals surface area (Å²) in [6.45, 7) is 6.22. The van der Waals surface area contributed by atoms with E-state index in [9.17, 15) is 9.59 Å². The third kappa shape index (κ3) is 4.72. The number of hydrogen-bond donors (Lipinski definition) is 1. The fraction of sp³-hybridized carbons (Fsp3) is 0.889. The Morgan fingerprint density at radius 1 is 1.18 bits per heavy atom. The summed E-state index contributed by atoms with van der Waals surface area (Å²) in [5.74, 6) is 0.439. The highest BCUT2D eigenvalue weighted by Crippen LogP contribution is 2.42. The molecule has 0 bridgehead atoms. The molecule has 1 N–H and O–H groups in total. The molecule has 1 aliphatic carbocycles. The van der Waals surface area contributed by atoms with E-state index in [1.165, 1.54) is 25.7 Å². The SMILES string of the molecule is CC1(C)CCCCC1CC(=O)N1CCCC(CCC(=O)O)C1. The molecule has 2 fully saturated rings. The van der Waals surface area contributed by atoms with Gasteiger partial charge in [0.05, 0.1) is 0 Å². The molecule has 2 rings (SSSR count). The van der Waals surface area contributed by atoms with Crippen LogP contribution in [0.15, 0.2) is 0 Å². The van der Waals surface area contributed by atoms with Crippen molar-refractivity contribution in [2.24, 2.45) is 17.3 Å². The molecule has 1 amide bonds. The Balaban J connectivity index is 1.84. The Bertz CT molecular complexity index is 405. The van der Waals surface area contributed by atoms with E-state index >= 15 is 0 Å². The van der Waals surface area contributed by atoms with Gasteiger partial charge in [0.1, 0.15) is 0 Å². The molecular formula is C18H31NO3. The van der Waals surface area contributed by atoms with Crippen LogP contribution in [0.2, 0.25) is 0 Å². The van der Waals surface area contributed by atoms with Crippen molar-refractivity contribution in [3.63, 3.8) is 0 Å². The molecule has 0 aromatic heterocycles. The molecular weight excluding hydrogens is 278 g/mol. The first-order valence-electron chi connectivity index (χ1n) is 8.88. The van der Waals surface area contributed by atoms with Gasteiger partial charge in [0.15, 0.2) is 0 Å². The number of nitrogens with zero attached hydrogens (tertiary/aromatic N) is 1. The van der Waals surface area contributed by atoms with Crippen molar-refractivity contribution in [3.8, 4) is 0 Å². The molecule has 22 heavy (non-hydrogen) atoms. The van der Waals surface area contributed by atoms with E-state index in [1.54, 1.807) is 0 Å². The van der Waals surface area contributed by atoms with Gasteiger partial charge in [0, 0.05) is 25.9 Å². The van der Waals surface area contributed by atoms with Crippen molar-refractivity contribution in [3.05, 3.63) is 0 Å². The zero-order chi connectivity index (χ0) is 16.2. The lowest BCUT2D eigenvalue weighted by molar-refractivity contribution is -0.137. The van der Waals surface area contributed by atoms with Gasteiger partial charge in [-0.15, -0.1) is 0 Å². The molecule has 0 spiro atoms. The first-order valence-corrected chi connectivity index (χ1v) is 8.88. The molecule has 1 saturated heterocycles. The van der Waals surface area contributed by atoms with Crippen LogP contribution in [0.3, 0.4) is 0 Å². The van der Waals surface area contributed by atoms with Crippen LogP contribution in [0.25, 0.3) is 0 Å². The minimum atomic E-state index is -0.729. The van der Waals surface area contributed by atoms with Gasteiger partial charge in [-0.25, -0.2) is 0 Å². The van der Waals surface area contributed by atoms with Crippen LogP contribution in [0.1, 0.15) is 71.6 Å². The number of aliphatic carboxylic acids is 1. The highest BCUT2D eigenvalue weighted by Gasteiger charge is 2.35. The summed E-state index contributed by atoms with van der Waals surface area (Å²) in [4.78, 5) is 25.4. The van der Waals surface area contributed by atoms with Crippen molar-refractivity contribution in [2.75, 3.05) is 13.1 Å². The van der Waals surface area contributed by atoms with E-state index in [2.05, 4.69) is 13.8 Å². The van der Waals surface area contributed by atoms with Gasteiger partial charge in [-0.3, -0.25) is 9.59 Å². The van der Waals surface area contributed by atoms with Crippen molar-refractivity contribution in [1.29, 1.82) is 0 Å². The maximum atomic E-state index is 12.6. The average Bonchev–Trinajstić information content (AvgIpc) is 2.47. The first-order chi connectivity index (χ1) is 10.4. The van der Waals surface area contributed by atoms with Gasteiger partial charge in [0.25, 0.3) is 0 Å². The van der Waals surface area contributed by atoms with E-state index in [4.69, 9.17) is 5.11 Å². The number of hydrogen-bond acceptors (Lipinski definition) is 2. The average molecular weight is 309 g/mol. The second kappa shape index (κ2) is 7.47. The summed E-state index contributed by atoms with van der Waals surface area (Å²) in [5, 5.41) is 8.81. The Morgan fingerprint density at radius 3 is 2.64 bits per heavy atom. The Morgan fingerprint density at radius 2 is 1.95 bits per heavy atom. The van der Waals surface area contributed by atoms with Crippen LogP contribution in [0.5, 0.6) is 0 Å². The van der Waals surface area contributed by atoms with Gasteiger partial charge in [-0.05, 0) is 49.4 Å². The molecule has 1 heterocycles. The molecule has 1 aliphatic heterocycles. The molecule has 0 aromatic rings. The highest BCUT2D eigenvalue weighted by atomic mass is 16.4. The lowest BCUT2D eigenvalue weighted by Crippen LogP contribution is -2.42. The van der Waals surface area contributed by atoms with Gasteiger partial charge in [-0.1, -0.05) is 26.7 Å². The van der Waals surface area contributed by atoms with Crippen molar-refractivity contribution in [2.45, 2.75) is 71.6 Å². The molecule has 1 saturated carbocycles. The maximum Gasteiger partial charge on any atom is 0.303 e. The van der Waals surface area contributed by atoms with Gasteiger partial charge < -0.3 is 10.0 Å². The lowest BCUT2D eigenvalue weighted by Gasteiger charge is -2.40. The molecule has 2 aliphatic rings. The third-order valence-corrected chi connectivity index (χ3v) is 5.79. The van der Waals surface area contributed by atoms with Crippen LogP contribution in [-0.2, 0) is 9.59 Å². The Labute approximate surface area is 134 Å². The van der Waals surface area contributed by atoms with Gasteiger partial charge in [-0.2, -0.15) is 0 Å². The zero-order valence-corrected chi connectivity index (χ0v) is 14.1. The first kappa shape index (κ1) is 17.3. The van der Waals surface area contributed by atoms with Gasteiger partial charge in [0.2, 0.25) is 5.91 Å². The summed E-state index contributed by atoms with van der Waals surface area (Å²) in [5.41, 5.74) is 0.284. The number of carboxylic acid groups (broad SMARTS) is 1. The number of carbonyl (C=O) groups is 2. The summed E-state index contributed by atoms with van der Waals surface area (Å²) < 4.78 is 0. The molecule has 4 nitrogen and oxygen atoms in total. The molecule has 0 radical (unpaired) electrons. The Hall–Kier alpha value is -1.06. The number of amides is 1. The number of piperidine rings is 1. The topological polar surface area (TPSA) is 57.6 Å². The smallest absolute Gasteiger partial charge is 0.303 e. The minimum absolute atomic E-state index is 0.225. The van der Waals surface area contributed by atoms with Crippen molar-refractivity contribution in [1.82, 2.24) is 4.90 Å². The predicted octanol–water partition coefficient (Wildman–Crippen LogP) is 3.70. The van der Waals surface area contributed by atoms with E-state index in [-0.39, 0.29) is 11.8 Å². The Kier molecular flexibility index (Phi) is 5.87. The normalized spacial score (nSPS) is 28.4. The molecule has 4 heteroatoms. The fourth-order valence-corrected chi connectivity index (χ4v) is 4.14. The van der Waals surface area contributed by atoms with Crippen LogP contribution < -0.4 is 0 Å². The quantitative estimate of drug-likeness (QED) is 0.842. The maximum absolute atomic E-state index is 12.6. The number of carbonyl (C=O) groups excluding carboxylic acids is 1. The standard InChI is InChI=1S/C18H31NO3/c1-18(2)10-4-3-7-15(18)12-16(20)19-11-5-6-14(13-19)8-9-17(21)22/h14-15H,3-13H2,1-2H3,(H,21,22). The van der Waals surface area contributed by atoms with E-state index in [0.717, 1.165) is 25.9 Å². The number of carboxylic acids is 1. The van der Waals surface area contributed by atoms with Crippen LogP contribution in [-0.4, -0.2) is 35.0 Å². The largest absolute Gasteiger partial charge is 0.481 e. The third-order valence-electron chi connectivity index (χ3n) is 5.79. The molecule has 2 unspecified atom stereocenters. The van der Waals surface area contributed by atoms with Crippen LogP contribution >= 0.6 is 0 Å². The molecule has 0 aromatic carbocycles. The second-order valence-corrected chi connectivity index (χ2v) is 7.92. The molecule has 2 atom stereocenters. The van der Waals surface area contributed by atoms with Crippen LogP contribution in [0.4, 0.5) is 0 Å².